The molecule has 1 aromatic rings. The lowest BCUT2D eigenvalue weighted by Crippen LogP contribution is -2.10. The summed E-state index contributed by atoms with van der Waals surface area (Å²) in [5.74, 6) is 0. The molecule has 0 saturated heterocycles. The number of carbonyl (C=O) groups is 1. The molecule has 0 aromatic carbocycles. The summed E-state index contributed by atoms with van der Waals surface area (Å²) in [6.07, 6.45) is -0.811. The highest BCUT2D eigenvalue weighted by Gasteiger charge is 2.09. The second-order valence-electron chi connectivity index (χ2n) is 3.22. The molecule has 0 fully saturated rings. The first kappa shape index (κ1) is 12.7. The fraction of sp³-hybridized carbons (Fsp3) is 0.500. The Morgan fingerprint density at radius 1 is 1.12 bits per heavy atom. The average Bonchev–Trinajstić information content (AvgIpc) is 2.22. The third-order valence-electron chi connectivity index (χ3n) is 2.08. The Hall–Kier alpha value is -1.36. The van der Waals surface area contributed by atoms with Gasteiger partial charge in [0.25, 0.3) is 0 Å². The SMILES string of the molecule is Cc1nc(C)c(COC(=O)OCCl)nc1C. The van der Waals surface area contributed by atoms with Gasteiger partial charge in [0.1, 0.15) is 6.61 Å². The predicted octanol–water partition coefficient (Wildman–Crippen LogP) is 2.25. The zero-order chi connectivity index (χ0) is 12.1. The van der Waals surface area contributed by atoms with Crippen molar-refractivity contribution in [2.45, 2.75) is 27.4 Å². The van der Waals surface area contributed by atoms with E-state index in [1.165, 1.54) is 0 Å². The number of hydrogen-bond donors (Lipinski definition) is 0. The zero-order valence-electron chi connectivity index (χ0n) is 9.41. The number of rotatable bonds is 3. The van der Waals surface area contributed by atoms with Crippen LogP contribution < -0.4 is 0 Å². The number of alkyl halides is 1. The molecule has 0 aliphatic rings. The zero-order valence-corrected chi connectivity index (χ0v) is 10.2. The van der Waals surface area contributed by atoms with E-state index in [1.807, 2.05) is 20.8 Å². The van der Waals surface area contributed by atoms with Gasteiger partial charge in [-0.25, -0.2) is 4.79 Å². The minimum atomic E-state index is -0.811. The molecule has 0 bridgehead atoms. The number of ether oxygens (including phenoxy) is 2. The number of hydrogen-bond acceptors (Lipinski definition) is 5. The van der Waals surface area contributed by atoms with Gasteiger partial charge < -0.3 is 9.47 Å². The molecular weight excluding hydrogens is 232 g/mol. The quantitative estimate of drug-likeness (QED) is 0.603. The van der Waals surface area contributed by atoms with Crippen molar-refractivity contribution in [2.24, 2.45) is 0 Å². The number of aromatic nitrogens is 2. The predicted molar refractivity (Wildman–Crippen MR) is 58.2 cm³/mol. The van der Waals surface area contributed by atoms with Crippen molar-refractivity contribution in [1.29, 1.82) is 0 Å². The fourth-order valence-corrected chi connectivity index (χ4v) is 1.20. The van der Waals surface area contributed by atoms with Crippen LogP contribution in [0.5, 0.6) is 0 Å². The Morgan fingerprint density at radius 2 is 1.75 bits per heavy atom. The lowest BCUT2D eigenvalue weighted by molar-refractivity contribution is 0.0608. The number of halogens is 1. The number of aryl methyl sites for hydroxylation is 3. The van der Waals surface area contributed by atoms with Crippen molar-refractivity contribution in [2.75, 3.05) is 6.07 Å². The van der Waals surface area contributed by atoms with E-state index >= 15 is 0 Å². The van der Waals surface area contributed by atoms with Gasteiger partial charge in [0.2, 0.25) is 0 Å². The van der Waals surface area contributed by atoms with Gasteiger partial charge in [-0.05, 0) is 20.8 Å². The van der Waals surface area contributed by atoms with E-state index in [9.17, 15) is 4.79 Å². The molecular formula is C10H13ClN2O3. The topological polar surface area (TPSA) is 61.3 Å². The summed E-state index contributed by atoms with van der Waals surface area (Å²) < 4.78 is 9.21. The first-order valence-electron chi connectivity index (χ1n) is 4.70. The van der Waals surface area contributed by atoms with Crippen LogP contribution in [-0.4, -0.2) is 22.2 Å². The van der Waals surface area contributed by atoms with Crippen LogP contribution in [0.4, 0.5) is 4.79 Å². The summed E-state index contributed by atoms with van der Waals surface area (Å²) in [7, 11) is 0. The van der Waals surface area contributed by atoms with E-state index in [0.717, 1.165) is 17.1 Å². The van der Waals surface area contributed by atoms with Crippen molar-refractivity contribution in [1.82, 2.24) is 9.97 Å². The monoisotopic (exact) mass is 244 g/mol. The molecule has 88 valence electrons. The minimum absolute atomic E-state index is 0.0374. The molecule has 6 heteroatoms. The molecule has 0 unspecified atom stereocenters. The molecule has 16 heavy (non-hydrogen) atoms. The maximum Gasteiger partial charge on any atom is 0.509 e. The lowest BCUT2D eigenvalue weighted by Gasteiger charge is -2.08. The van der Waals surface area contributed by atoms with E-state index in [0.29, 0.717) is 5.69 Å². The molecule has 5 nitrogen and oxygen atoms in total. The fourth-order valence-electron chi connectivity index (χ4n) is 1.11. The molecule has 0 saturated carbocycles. The highest BCUT2D eigenvalue weighted by atomic mass is 35.5. The Balaban J connectivity index is 2.67. The summed E-state index contributed by atoms with van der Waals surface area (Å²) in [4.78, 5) is 19.5. The molecule has 0 aliphatic heterocycles. The second-order valence-corrected chi connectivity index (χ2v) is 3.44. The third kappa shape index (κ3) is 3.34. The van der Waals surface area contributed by atoms with E-state index in [2.05, 4.69) is 14.7 Å². The number of carbonyl (C=O) groups excluding carboxylic acids is 1. The molecule has 1 aromatic heterocycles. The maximum atomic E-state index is 10.9. The Labute approximate surface area is 98.8 Å². The molecule has 0 amide bonds. The van der Waals surface area contributed by atoms with Gasteiger partial charge in [0.15, 0.2) is 6.07 Å². The standard InChI is InChI=1S/C10H13ClN2O3/c1-6-7(2)13-9(8(3)12-6)4-15-10(14)16-5-11/h4-5H2,1-3H3. The third-order valence-corrected chi connectivity index (χ3v) is 2.19. The number of nitrogens with zero attached hydrogens (tertiary/aromatic N) is 2. The Morgan fingerprint density at radius 3 is 2.38 bits per heavy atom. The van der Waals surface area contributed by atoms with Gasteiger partial charge in [-0.15, -0.1) is 0 Å². The molecule has 0 aliphatic carbocycles. The van der Waals surface area contributed by atoms with E-state index in [4.69, 9.17) is 16.3 Å². The maximum absolute atomic E-state index is 10.9. The van der Waals surface area contributed by atoms with Crippen molar-refractivity contribution in [3.63, 3.8) is 0 Å². The summed E-state index contributed by atoms with van der Waals surface area (Å²) in [5.41, 5.74) is 3.04. The van der Waals surface area contributed by atoms with Crippen LogP contribution in [0.2, 0.25) is 0 Å². The van der Waals surface area contributed by atoms with Crippen LogP contribution in [0, 0.1) is 20.8 Å². The molecule has 0 N–H and O–H groups in total. The summed E-state index contributed by atoms with van der Waals surface area (Å²) in [6, 6.07) is -0.226. The largest absolute Gasteiger partial charge is 0.509 e. The van der Waals surface area contributed by atoms with Crippen LogP contribution in [0.3, 0.4) is 0 Å². The Kier molecular flexibility index (Phi) is 4.49. The van der Waals surface area contributed by atoms with Crippen LogP contribution in [-0.2, 0) is 16.1 Å². The summed E-state index contributed by atoms with van der Waals surface area (Å²) in [5, 5.41) is 0. The van der Waals surface area contributed by atoms with Gasteiger partial charge >= 0.3 is 6.16 Å². The highest BCUT2D eigenvalue weighted by molar-refractivity contribution is 6.17. The summed E-state index contributed by atoms with van der Waals surface area (Å²) in [6.45, 7) is 5.57. The molecule has 1 rings (SSSR count). The van der Waals surface area contributed by atoms with Gasteiger partial charge in [0.05, 0.1) is 22.8 Å². The van der Waals surface area contributed by atoms with Gasteiger partial charge in [-0.2, -0.15) is 0 Å². The molecule has 0 radical (unpaired) electrons. The Bertz CT molecular complexity index is 396. The minimum Gasteiger partial charge on any atom is -0.428 e. The van der Waals surface area contributed by atoms with Gasteiger partial charge in [0, 0.05) is 0 Å². The second kappa shape index (κ2) is 5.65. The first-order chi connectivity index (χ1) is 7.54. The van der Waals surface area contributed by atoms with Crippen molar-refractivity contribution in [3.05, 3.63) is 22.8 Å². The van der Waals surface area contributed by atoms with Crippen LogP contribution in [0.1, 0.15) is 22.8 Å². The van der Waals surface area contributed by atoms with Crippen LogP contribution in [0.15, 0.2) is 0 Å². The normalized spacial score (nSPS) is 10.0. The lowest BCUT2D eigenvalue weighted by atomic mass is 10.3. The molecule has 1 heterocycles. The van der Waals surface area contributed by atoms with E-state index < -0.39 is 6.16 Å². The highest BCUT2D eigenvalue weighted by Crippen LogP contribution is 2.08. The van der Waals surface area contributed by atoms with Gasteiger partial charge in [-0.3, -0.25) is 9.97 Å². The van der Waals surface area contributed by atoms with E-state index in [1.54, 1.807) is 0 Å². The average molecular weight is 245 g/mol. The van der Waals surface area contributed by atoms with Crippen LogP contribution >= 0.6 is 11.6 Å². The van der Waals surface area contributed by atoms with Crippen molar-refractivity contribution < 1.29 is 14.3 Å². The summed E-state index contributed by atoms with van der Waals surface area (Å²) >= 11 is 5.20. The van der Waals surface area contributed by atoms with Crippen LogP contribution in [0.25, 0.3) is 0 Å². The van der Waals surface area contributed by atoms with Crippen molar-refractivity contribution >= 4 is 17.8 Å². The van der Waals surface area contributed by atoms with E-state index in [-0.39, 0.29) is 12.7 Å². The first-order valence-corrected chi connectivity index (χ1v) is 5.24. The van der Waals surface area contributed by atoms with Crippen molar-refractivity contribution in [3.8, 4) is 0 Å². The van der Waals surface area contributed by atoms with Gasteiger partial charge in [-0.1, -0.05) is 11.6 Å². The molecule has 0 spiro atoms. The smallest absolute Gasteiger partial charge is 0.428 e. The molecule has 0 atom stereocenters.